The Kier molecular flexibility index (Phi) is 7.11. The summed E-state index contributed by atoms with van der Waals surface area (Å²) in [6, 6.07) is 1.60. The normalized spacial score (nSPS) is 13.8. The second-order valence-electron chi connectivity index (χ2n) is 5.10. The van der Waals surface area contributed by atoms with Crippen molar-refractivity contribution in [2.24, 2.45) is 0 Å². The third-order valence-electron chi connectivity index (χ3n) is 2.90. The molecule has 0 radical (unpaired) electrons. The highest BCUT2D eigenvalue weighted by molar-refractivity contribution is 7.89. The third-order valence-corrected chi connectivity index (χ3v) is 5.62. The maximum Gasteiger partial charge on any atom is 0.241 e. The summed E-state index contributed by atoms with van der Waals surface area (Å²) < 4.78 is 27.5. The first kappa shape index (κ1) is 17.6. The van der Waals surface area contributed by atoms with Gasteiger partial charge >= 0.3 is 0 Å². The molecule has 0 bridgehead atoms. The molecule has 0 aliphatic heterocycles. The van der Waals surface area contributed by atoms with E-state index in [0.717, 1.165) is 24.4 Å². The van der Waals surface area contributed by atoms with Gasteiger partial charge in [0.2, 0.25) is 10.0 Å². The molecule has 1 heterocycles. The fourth-order valence-electron chi connectivity index (χ4n) is 1.77. The van der Waals surface area contributed by atoms with Gasteiger partial charge in [-0.05, 0) is 52.0 Å². The van der Waals surface area contributed by atoms with Gasteiger partial charge < -0.3 is 10.2 Å². The fourth-order valence-corrected chi connectivity index (χ4v) is 4.47. The second kappa shape index (κ2) is 8.09. The number of rotatable bonds is 9. The van der Waals surface area contributed by atoms with Crippen molar-refractivity contribution in [2.45, 2.75) is 37.8 Å². The Morgan fingerprint density at radius 1 is 1.40 bits per heavy atom. The molecule has 1 rings (SSSR count). The van der Waals surface area contributed by atoms with Crippen LogP contribution >= 0.6 is 11.3 Å². The van der Waals surface area contributed by atoms with E-state index in [1.807, 2.05) is 38.2 Å². The topological polar surface area (TPSA) is 61.4 Å². The van der Waals surface area contributed by atoms with E-state index < -0.39 is 10.0 Å². The molecule has 0 saturated heterocycles. The van der Waals surface area contributed by atoms with E-state index in [4.69, 9.17) is 0 Å². The summed E-state index contributed by atoms with van der Waals surface area (Å²) >= 11 is 1.47. The maximum atomic E-state index is 12.4. The smallest absolute Gasteiger partial charge is 0.241 e. The molecule has 5 nitrogen and oxygen atoms in total. The summed E-state index contributed by atoms with van der Waals surface area (Å²) in [5.41, 5.74) is 0. The molecule has 7 heteroatoms. The van der Waals surface area contributed by atoms with E-state index in [0.29, 0.717) is 11.4 Å². The number of hydrogen-bond donors (Lipinski definition) is 2. The molecule has 0 fully saturated rings. The molecule has 0 aromatic carbocycles. The highest BCUT2D eigenvalue weighted by atomic mass is 32.2. The minimum absolute atomic E-state index is 0.0747. The first-order chi connectivity index (χ1) is 9.36. The van der Waals surface area contributed by atoms with Crippen molar-refractivity contribution < 1.29 is 8.42 Å². The van der Waals surface area contributed by atoms with E-state index in [9.17, 15) is 8.42 Å². The molecular formula is C13H25N3O2S2. The van der Waals surface area contributed by atoms with Crippen LogP contribution in [-0.4, -0.2) is 46.5 Å². The van der Waals surface area contributed by atoms with Crippen LogP contribution in [0.5, 0.6) is 0 Å². The van der Waals surface area contributed by atoms with Crippen LogP contribution in [0.4, 0.5) is 0 Å². The van der Waals surface area contributed by atoms with E-state index in [1.165, 1.54) is 11.3 Å². The first-order valence-electron chi connectivity index (χ1n) is 6.81. The molecule has 0 aliphatic rings. The van der Waals surface area contributed by atoms with Gasteiger partial charge in [0.15, 0.2) is 0 Å². The highest BCUT2D eigenvalue weighted by Gasteiger charge is 2.21. The van der Waals surface area contributed by atoms with Crippen LogP contribution in [0, 0.1) is 0 Å². The van der Waals surface area contributed by atoms with Gasteiger partial charge in [0.25, 0.3) is 0 Å². The van der Waals surface area contributed by atoms with Crippen molar-refractivity contribution in [3.8, 4) is 0 Å². The molecule has 116 valence electrons. The molecular weight excluding hydrogens is 294 g/mol. The number of hydrogen-bond acceptors (Lipinski definition) is 5. The Morgan fingerprint density at radius 3 is 2.70 bits per heavy atom. The number of nitrogens with zero attached hydrogens (tertiary/aromatic N) is 1. The quantitative estimate of drug-likeness (QED) is 0.724. The first-order valence-corrected chi connectivity index (χ1v) is 9.17. The van der Waals surface area contributed by atoms with Crippen LogP contribution in [0.1, 0.15) is 25.1 Å². The zero-order valence-electron chi connectivity index (χ0n) is 12.6. The predicted molar refractivity (Wildman–Crippen MR) is 84.7 cm³/mol. The molecule has 0 aliphatic carbocycles. The van der Waals surface area contributed by atoms with Crippen LogP contribution in [0.3, 0.4) is 0 Å². The molecule has 0 amide bonds. The van der Waals surface area contributed by atoms with E-state index >= 15 is 0 Å². The molecule has 0 saturated carbocycles. The maximum absolute atomic E-state index is 12.4. The summed E-state index contributed by atoms with van der Waals surface area (Å²) in [7, 11) is 0.538. The van der Waals surface area contributed by atoms with Crippen molar-refractivity contribution in [2.75, 3.05) is 27.2 Å². The SMILES string of the molecule is CCNCc1sccc1S(=O)(=O)NC(C)CCN(C)C. The van der Waals surface area contributed by atoms with Gasteiger partial charge in [0.05, 0.1) is 4.90 Å². The lowest BCUT2D eigenvalue weighted by Crippen LogP contribution is -2.35. The van der Waals surface area contributed by atoms with Crippen molar-refractivity contribution in [3.63, 3.8) is 0 Å². The van der Waals surface area contributed by atoms with Crippen LogP contribution in [0.15, 0.2) is 16.3 Å². The van der Waals surface area contributed by atoms with Gasteiger partial charge in [-0.3, -0.25) is 0 Å². The van der Waals surface area contributed by atoms with E-state index in [1.54, 1.807) is 6.07 Å². The Balaban J connectivity index is 2.71. The van der Waals surface area contributed by atoms with Crippen molar-refractivity contribution >= 4 is 21.4 Å². The van der Waals surface area contributed by atoms with Crippen molar-refractivity contribution in [3.05, 3.63) is 16.3 Å². The molecule has 1 aromatic rings. The molecule has 1 atom stereocenters. The third kappa shape index (κ3) is 5.49. The monoisotopic (exact) mass is 319 g/mol. The van der Waals surface area contributed by atoms with Gasteiger partial charge in [0, 0.05) is 17.5 Å². The van der Waals surface area contributed by atoms with E-state index in [2.05, 4.69) is 10.0 Å². The Bertz CT molecular complexity index is 497. The lowest BCUT2D eigenvalue weighted by Gasteiger charge is -2.17. The molecule has 1 aromatic heterocycles. The summed E-state index contributed by atoms with van der Waals surface area (Å²) in [6.07, 6.45) is 0.791. The molecule has 20 heavy (non-hydrogen) atoms. The van der Waals surface area contributed by atoms with Gasteiger partial charge in [0.1, 0.15) is 0 Å². The average Bonchev–Trinajstić information content (AvgIpc) is 2.82. The van der Waals surface area contributed by atoms with Crippen LogP contribution in [0.25, 0.3) is 0 Å². The second-order valence-corrected chi connectivity index (χ2v) is 7.79. The molecule has 2 N–H and O–H groups in total. The summed E-state index contributed by atoms with van der Waals surface area (Å²) in [4.78, 5) is 3.31. The van der Waals surface area contributed by atoms with Gasteiger partial charge in [-0.25, -0.2) is 13.1 Å². The largest absolute Gasteiger partial charge is 0.312 e. The Hall–Kier alpha value is -0.470. The zero-order valence-corrected chi connectivity index (χ0v) is 14.3. The van der Waals surface area contributed by atoms with Crippen molar-refractivity contribution in [1.29, 1.82) is 0 Å². The standard InChI is InChI=1S/C13H25N3O2S2/c1-5-14-10-12-13(7-9-19-12)20(17,18)15-11(2)6-8-16(3)4/h7,9,11,14-15H,5-6,8,10H2,1-4H3. The molecule has 0 spiro atoms. The minimum atomic E-state index is -3.42. The minimum Gasteiger partial charge on any atom is -0.312 e. The molecule has 1 unspecified atom stereocenters. The Morgan fingerprint density at radius 2 is 2.10 bits per heavy atom. The number of sulfonamides is 1. The van der Waals surface area contributed by atoms with Crippen LogP contribution in [0.2, 0.25) is 0 Å². The summed E-state index contributed by atoms with van der Waals surface area (Å²) in [6.45, 7) is 6.18. The fraction of sp³-hybridized carbons (Fsp3) is 0.692. The highest BCUT2D eigenvalue weighted by Crippen LogP contribution is 2.22. The van der Waals surface area contributed by atoms with Crippen LogP contribution < -0.4 is 10.0 Å². The zero-order chi connectivity index (χ0) is 15.2. The Labute approximate surface area is 126 Å². The van der Waals surface area contributed by atoms with Gasteiger partial charge in [-0.1, -0.05) is 6.92 Å². The predicted octanol–water partition coefficient (Wildman–Crippen LogP) is 1.48. The van der Waals surface area contributed by atoms with Gasteiger partial charge in [-0.2, -0.15) is 0 Å². The lowest BCUT2D eigenvalue weighted by atomic mass is 10.2. The number of thiophene rings is 1. The number of nitrogens with one attached hydrogen (secondary N) is 2. The van der Waals surface area contributed by atoms with Gasteiger partial charge in [-0.15, -0.1) is 11.3 Å². The summed E-state index contributed by atoms with van der Waals surface area (Å²) in [5.74, 6) is 0. The lowest BCUT2D eigenvalue weighted by molar-refractivity contribution is 0.379. The van der Waals surface area contributed by atoms with E-state index in [-0.39, 0.29) is 6.04 Å². The summed E-state index contributed by atoms with van der Waals surface area (Å²) in [5, 5.41) is 4.99. The van der Waals surface area contributed by atoms with Crippen molar-refractivity contribution in [1.82, 2.24) is 14.9 Å². The average molecular weight is 319 g/mol. The van der Waals surface area contributed by atoms with Crippen LogP contribution in [-0.2, 0) is 16.6 Å².